The van der Waals surface area contributed by atoms with Gasteiger partial charge in [-0.15, -0.1) is 0 Å². The number of rotatable bonds is 7. The maximum atomic E-state index is 12.6. The number of aryl methyl sites for hydroxylation is 1. The van der Waals surface area contributed by atoms with E-state index >= 15 is 0 Å². The first-order valence-corrected chi connectivity index (χ1v) is 10.6. The molecule has 2 aromatic carbocycles. The molecule has 1 fully saturated rings. The minimum absolute atomic E-state index is 0.00165. The molecule has 0 saturated carbocycles. The van der Waals surface area contributed by atoms with Gasteiger partial charge in [0.25, 0.3) is 11.8 Å². The zero-order valence-electron chi connectivity index (χ0n) is 17.9. The van der Waals surface area contributed by atoms with E-state index in [2.05, 4.69) is 17.1 Å². The summed E-state index contributed by atoms with van der Waals surface area (Å²) in [6.07, 6.45) is 2.21. The normalized spacial score (nSPS) is 16.2. The Bertz CT molecular complexity index is 1030. The second-order valence-electron chi connectivity index (χ2n) is 7.94. The Morgan fingerprint density at radius 2 is 1.90 bits per heavy atom. The Kier molecular flexibility index (Phi) is 6.50. The van der Waals surface area contributed by atoms with E-state index in [1.165, 1.54) is 6.42 Å². The highest BCUT2D eigenvalue weighted by molar-refractivity contribution is 5.78. The van der Waals surface area contributed by atoms with Gasteiger partial charge in [-0.25, -0.2) is 0 Å². The predicted octanol–water partition coefficient (Wildman–Crippen LogP) is 4.26. The molecular weight excluding hydrogens is 394 g/mol. The number of likely N-dealkylation sites (tertiary alicyclic amines) is 1. The smallest absolute Gasteiger partial charge is 0.264 e. The van der Waals surface area contributed by atoms with Crippen LogP contribution in [-0.2, 0) is 11.4 Å². The summed E-state index contributed by atoms with van der Waals surface area (Å²) in [7, 11) is 0. The summed E-state index contributed by atoms with van der Waals surface area (Å²) in [6, 6.07) is 15.1. The number of amides is 1. The van der Waals surface area contributed by atoms with Gasteiger partial charge in [-0.1, -0.05) is 42.4 Å². The summed E-state index contributed by atoms with van der Waals surface area (Å²) < 4.78 is 17.0. The van der Waals surface area contributed by atoms with Crippen molar-refractivity contribution in [3.05, 3.63) is 60.0 Å². The monoisotopic (exact) mass is 421 g/mol. The van der Waals surface area contributed by atoms with E-state index in [4.69, 9.17) is 14.0 Å². The minimum Gasteiger partial charge on any atom is -0.483 e. The number of hydrogen-bond acceptors (Lipinski definition) is 6. The maximum Gasteiger partial charge on any atom is 0.264 e. The van der Waals surface area contributed by atoms with Crippen LogP contribution >= 0.6 is 0 Å². The van der Waals surface area contributed by atoms with Crippen molar-refractivity contribution in [2.45, 2.75) is 33.3 Å². The molecule has 0 radical (unpaired) electrons. The molecule has 1 aliphatic heterocycles. The van der Waals surface area contributed by atoms with Crippen molar-refractivity contribution in [2.75, 3.05) is 19.7 Å². The zero-order chi connectivity index (χ0) is 21.6. The Morgan fingerprint density at radius 3 is 2.71 bits per heavy atom. The third-order valence-corrected chi connectivity index (χ3v) is 5.40. The van der Waals surface area contributed by atoms with Crippen LogP contribution in [0.1, 0.15) is 31.2 Å². The van der Waals surface area contributed by atoms with Crippen molar-refractivity contribution in [2.24, 2.45) is 5.92 Å². The highest BCUT2D eigenvalue weighted by Gasteiger charge is 2.22. The van der Waals surface area contributed by atoms with Gasteiger partial charge in [0, 0.05) is 13.1 Å². The summed E-state index contributed by atoms with van der Waals surface area (Å²) in [5, 5.41) is 4.07. The summed E-state index contributed by atoms with van der Waals surface area (Å²) in [6.45, 7) is 5.90. The molecule has 1 aliphatic rings. The summed E-state index contributed by atoms with van der Waals surface area (Å²) in [4.78, 5) is 18.9. The Balaban J connectivity index is 1.40. The molecule has 0 N–H and O–H groups in total. The highest BCUT2D eigenvalue weighted by atomic mass is 16.5. The van der Waals surface area contributed by atoms with Crippen LogP contribution in [0.25, 0.3) is 11.4 Å². The molecule has 2 heterocycles. The van der Waals surface area contributed by atoms with Gasteiger partial charge in [-0.2, -0.15) is 4.98 Å². The first-order chi connectivity index (χ1) is 15.1. The molecule has 0 aliphatic carbocycles. The van der Waals surface area contributed by atoms with Crippen LogP contribution in [-0.4, -0.2) is 40.6 Å². The Hall–Kier alpha value is -3.35. The van der Waals surface area contributed by atoms with Crippen molar-refractivity contribution in [1.82, 2.24) is 15.0 Å². The first kappa shape index (κ1) is 20.9. The second-order valence-corrected chi connectivity index (χ2v) is 7.94. The SMILES string of the molecule is Cc1ccccc1OCc1nc(-c2ccccc2OCC(=O)N2CCC[C@H](C)C2)no1. The number of aromatic nitrogens is 2. The predicted molar refractivity (Wildman–Crippen MR) is 116 cm³/mol. The van der Waals surface area contributed by atoms with E-state index in [1.807, 2.05) is 54.3 Å². The number of piperidine rings is 1. The van der Waals surface area contributed by atoms with Gasteiger partial charge in [0.1, 0.15) is 11.5 Å². The Labute approximate surface area is 182 Å². The number of benzene rings is 2. The fourth-order valence-corrected chi connectivity index (χ4v) is 3.70. The van der Waals surface area contributed by atoms with Crippen LogP contribution < -0.4 is 9.47 Å². The van der Waals surface area contributed by atoms with E-state index in [1.54, 1.807) is 6.07 Å². The lowest BCUT2D eigenvalue weighted by molar-refractivity contribution is -0.135. The lowest BCUT2D eigenvalue weighted by atomic mass is 10.0. The van der Waals surface area contributed by atoms with Crippen LogP contribution in [0.2, 0.25) is 0 Å². The summed E-state index contributed by atoms with van der Waals surface area (Å²) in [5.41, 5.74) is 1.71. The second kappa shape index (κ2) is 9.64. The molecule has 162 valence electrons. The topological polar surface area (TPSA) is 77.7 Å². The molecule has 1 saturated heterocycles. The van der Waals surface area contributed by atoms with Crippen LogP contribution in [0, 0.1) is 12.8 Å². The molecule has 1 aromatic heterocycles. The molecule has 7 heteroatoms. The van der Waals surface area contributed by atoms with Gasteiger partial charge in [0.15, 0.2) is 13.2 Å². The fraction of sp³-hybridized carbons (Fsp3) is 0.375. The minimum atomic E-state index is -0.00909. The molecule has 31 heavy (non-hydrogen) atoms. The first-order valence-electron chi connectivity index (χ1n) is 10.6. The Morgan fingerprint density at radius 1 is 1.13 bits per heavy atom. The quantitative estimate of drug-likeness (QED) is 0.567. The summed E-state index contributed by atoms with van der Waals surface area (Å²) >= 11 is 0. The fourth-order valence-electron chi connectivity index (χ4n) is 3.70. The van der Waals surface area contributed by atoms with Gasteiger partial charge < -0.3 is 18.9 Å². The van der Waals surface area contributed by atoms with E-state index < -0.39 is 0 Å². The van der Waals surface area contributed by atoms with Crippen LogP contribution in [0.4, 0.5) is 0 Å². The van der Waals surface area contributed by atoms with Gasteiger partial charge in [0.2, 0.25) is 5.82 Å². The van der Waals surface area contributed by atoms with E-state index in [0.717, 1.165) is 30.8 Å². The number of para-hydroxylation sites is 2. The van der Waals surface area contributed by atoms with Crippen LogP contribution in [0.3, 0.4) is 0 Å². The van der Waals surface area contributed by atoms with Crippen molar-refractivity contribution in [1.29, 1.82) is 0 Å². The largest absolute Gasteiger partial charge is 0.483 e. The maximum absolute atomic E-state index is 12.6. The molecule has 1 atom stereocenters. The van der Waals surface area contributed by atoms with Crippen molar-refractivity contribution in [3.63, 3.8) is 0 Å². The average Bonchev–Trinajstić information content (AvgIpc) is 3.26. The third kappa shape index (κ3) is 5.23. The number of nitrogens with zero attached hydrogens (tertiary/aromatic N) is 3. The molecule has 0 spiro atoms. The molecule has 3 aromatic rings. The molecule has 0 unspecified atom stereocenters. The van der Waals surface area contributed by atoms with E-state index in [-0.39, 0.29) is 19.1 Å². The van der Waals surface area contributed by atoms with Gasteiger partial charge in [-0.05, 0) is 49.4 Å². The van der Waals surface area contributed by atoms with Gasteiger partial charge in [-0.3, -0.25) is 4.79 Å². The molecule has 4 rings (SSSR count). The van der Waals surface area contributed by atoms with Gasteiger partial charge >= 0.3 is 0 Å². The molecule has 7 nitrogen and oxygen atoms in total. The number of ether oxygens (including phenoxy) is 2. The van der Waals surface area contributed by atoms with Gasteiger partial charge in [0.05, 0.1) is 5.56 Å². The zero-order valence-corrected chi connectivity index (χ0v) is 17.9. The highest BCUT2D eigenvalue weighted by Crippen LogP contribution is 2.28. The van der Waals surface area contributed by atoms with Crippen molar-refractivity contribution in [3.8, 4) is 22.9 Å². The lowest BCUT2D eigenvalue weighted by Gasteiger charge is -2.30. The standard InChI is InChI=1S/C24H27N3O4/c1-17-8-7-13-27(14-17)23(28)16-30-21-12-6-4-10-19(21)24-25-22(31-26-24)15-29-20-11-5-3-9-18(20)2/h3-6,9-12,17H,7-8,13-16H2,1-2H3/t17-/m0/s1. The molecule has 0 bridgehead atoms. The lowest BCUT2D eigenvalue weighted by Crippen LogP contribution is -2.41. The molecule has 1 amide bonds. The number of carbonyl (C=O) groups excluding carboxylic acids is 1. The third-order valence-electron chi connectivity index (χ3n) is 5.40. The van der Waals surface area contributed by atoms with Crippen molar-refractivity contribution < 1.29 is 18.8 Å². The molecular formula is C24H27N3O4. The summed E-state index contributed by atoms with van der Waals surface area (Å²) in [5.74, 6) is 2.63. The average molecular weight is 421 g/mol. The van der Waals surface area contributed by atoms with E-state index in [0.29, 0.717) is 28.9 Å². The van der Waals surface area contributed by atoms with Crippen molar-refractivity contribution >= 4 is 5.91 Å². The number of carbonyl (C=O) groups is 1. The number of hydrogen-bond donors (Lipinski definition) is 0. The van der Waals surface area contributed by atoms with Crippen LogP contribution in [0.15, 0.2) is 53.1 Å². The van der Waals surface area contributed by atoms with Crippen LogP contribution in [0.5, 0.6) is 11.5 Å². The van der Waals surface area contributed by atoms with E-state index in [9.17, 15) is 4.79 Å².